The Kier molecular flexibility index (Phi) is 6.81. The van der Waals surface area contributed by atoms with E-state index in [2.05, 4.69) is 75.5 Å². The second-order valence-corrected chi connectivity index (χ2v) is 10.6. The van der Waals surface area contributed by atoms with Crippen LogP contribution in [0.2, 0.25) is 5.02 Å². The largest absolute Gasteiger partial charge is 0.497 e. The van der Waals surface area contributed by atoms with Gasteiger partial charge in [0, 0.05) is 65.3 Å². The number of methoxy groups -OCH3 is 2. The molecule has 0 radical (unpaired) electrons. The topological polar surface area (TPSA) is 92.9 Å². The number of halogens is 1. The number of fused-ring (bicyclic) bond motifs is 3. The van der Waals surface area contributed by atoms with Gasteiger partial charge < -0.3 is 19.7 Å². The highest BCUT2D eigenvalue weighted by atomic mass is 35.5. The number of hydrogen-bond donors (Lipinski definition) is 1. The summed E-state index contributed by atoms with van der Waals surface area (Å²) in [5, 5.41) is 13.1. The van der Waals surface area contributed by atoms with Crippen molar-refractivity contribution in [1.82, 2.24) is 29.5 Å². The third-order valence-electron chi connectivity index (χ3n) is 7.72. The Morgan fingerprint density at radius 2 is 1.70 bits per heavy atom. The van der Waals surface area contributed by atoms with Crippen molar-refractivity contribution in [1.29, 1.82) is 0 Å². The van der Waals surface area contributed by atoms with Gasteiger partial charge in [0.25, 0.3) is 0 Å². The van der Waals surface area contributed by atoms with Gasteiger partial charge in [-0.15, -0.1) is 10.2 Å². The van der Waals surface area contributed by atoms with Crippen LogP contribution in [0.15, 0.2) is 55.0 Å². The average Bonchev–Trinajstić information content (AvgIpc) is 3.46. The van der Waals surface area contributed by atoms with E-state index in [0.29, 0.717) is 51.4 Å². The lowest BCUT2D eigenvalue weighted by Crippen LogP contribution is -2.55. The number of nitrogens with one attached hydrogen (secondary N) is 1. The van der Waals surface area contributed by atoms with Crippen molar-refractivity contribution in [3.05, 3.63) is 60.0 Å². The summed E-state index contributed by atoms with van der Waals surface area (Å²) in [5.74, 6) is 1.60. The summed E-state index contributed by atoms with van der Waals surface area (Å²) in [6.07, 6.45) is 3.41. The zero-order chi connectivity index (χ0) is 28.0. The summed E-state index contributed by atoms with van der Waals surface area (Å²) in [7, 11) is 5.37. The number of benzene rings is 2. The number of likely N-dealkylation sites (N-methyl/N-ethyl adjacent to an activating group) is 1. The van der Waals surface area contributed by atoms with E-state index < -0.39 is 0 Å². The van der Waals surface area contributed by atoms with E-state index in [0.717, 1.165) is 29.7 Å². The normalized spacial score (nSPS) is 17.9. The molecule has 1 aliphatic heterocycles. The second-order valence-electron chi connectivity index (χ2n) is 10.2. The van der Waals surface area contributed by atoms with Crippen molar-refractivity contribution >= 4 is 45.6 Å². The van der Waals surface area contributed by atoms with E-state index in [-0.39, 0.29) is 0 Å². The third kappa shape index (κ3) is 4.63. The number of anilines is 3. The Bertz CT molecular complexity index is 1680. The molecule has 0 saturated carbocycles. The van der Waals surface area contributed by atoms with E-state index in [1.54, 1.807) is 32.8 Å². The molecule has 206 valence electrons. The first kappa shape index (κ1) is 26.1. The molecule has 4 heterocycles. The van der Waals surface area contributed by atoms with Crippen molar-refractivity contribution < 1.29 is 9.47 Å². The molecule has 40 heavy (non-hydrogen) atoms. The quantitative estimate of drug-likeness (QED) is 0.298. The fourth-order valence-electron chi connectivity index (χ4n) is 5.26. The fourth-order valence-corrected chi connectivity index (χ4v) is 5.55. The van der Waals surface area contributed by atoms with Crippen molar-refractivity contribution in [2.75, 3.05) is 44.6 Å². The summed E-state index contributed by atoms with van der Waals surface area (Å²) in [4.78, 5) is 14.3. The minimum absolute atomic E-state index is 0.454. The van der Waals surface area contributed by atoms with Crippen LogP contribution in [-0.2, 0) is 0 Å². The number of pyridine rings is 1. The monoisotopic (exact) mass is 558 g/mol. The third-order valence-corrected chi connectivity index (χ3v) is 8.11. The smallest absolute Gasteiger partial charge is 0.229 e. The summed E-state index contributed by atoms with van der Waals surface area (Å²) >= 11 is 6.70. The van der Waals surface area contributed by atoms with Crippen LogP contribution < -0.4 is 19.7 Å². The molecule has 0 aliphatic carbocycles. The highest BCUT2D eigenvalue weighted by Crippen LogP contribution is 2.41. The van der Waals surface area contributed by atoms with Crippen molar-refractivity contribution in [3.63, 3.8) is 0 Å². The zero-order valence-electron chi connectivity index (χ0n) is 23.1. The fraction of sp³-hybridized carbons (Fsp3) is 0.310. The summed E-state index contributed by atoms with van der Waals surface area (Å²) in [6.45, 7) is 6.55. The second kappa shape index (κ2) is 10.4. The maximum absolute atomic E-state index is 6.70. The molecule has 11 heteroatoms. The first-order valence-electron chi connectivity index (χ1n) is 13.1. The summed E-state index contributed by atoms with van der Waals surface area (Å²) in [5.41, 5.74) is 4.87. The molecule has 5 aromatic rings. The van der Waals surface area contributed by atoms with Crippen LogP contribution in [0.5, 0.6) is 11.5 Å². The molecule has 0 spiro atoms. The van der Waals surface area contributed by atoms with Gasteiger partial charge in [0.05, 0.1) is 19.2 Å². The molecule has 0 amide bonds. The number of hydrogen-bond acceptors (Lipinski definition) is 9. The van der Waals surface area contributed by atoms with Gasteiger partial charge in [0.15, 0.2) is 11.3 Å². The molecule has 10 nitrogen and oxygen atoms in total. The molecule has 3 aromatic heterocycles. The van der Waals surface area contributed by atoms with Crippen LogP contribution in [0.3, 0.4) is 0 Å². The number of piperazine rings is 1. The molecule has 1 aliphatic rings. The first-order valence-corrected chi connectivity index (χ1v) is 13.5. The maximum Gasteiger partial charge on any atom is 0.229 e. The number of ether oxygens (including phenoxy) is 2. The predicted molar refractivity (Wildman–Crippen MR) is 158 cm³/mol. The van der Waals surface area contributed by atoms with Gasteiger partial charge in [-0.25, -0.2) is 4.98 Å². The standard InChI is InChI=1S/C29H31ClN8O2/c1-17-14-37(15-18(2)36(17)3)21-8-6-20(7-9-21)33-29-31-13-19-10-24(28-35-32-16-38(28)27(19)34-29)23-11-22(39-4)12-25(40-5)26(23)30/h6-13,16-18H,14-15H2,1-5H3,(H,31,33,34)/t17-,18+. The molecule has 6 rings (SSSR count). The van der Waals surface area contributed by atoms with Crippen molar-refractivity contribution in [3.8, 4) is 22.6 Å². The molecule has 1 N–H and O–H groups in total. The molecular weight excluding hydrogens is 528 g/mol. The minimum atomic E-state index is 0.454. The zero-order valence-corrected chi connectivity index (χ0v) is 23.8. The van der Waals surface area contributed by atoms with E-state index in [1.165, 1.54) is 5.69 Å². The van der Waals surface area contributed by atoms with Crippen LogP contribution >= 0.6 is 11.6 Å². The molecule has 2 aromatic carbocycles. The van der Waals surface area contributed by atoms with E-state index >= 15 is 0 Å². The SMILES string of the molecule is COc1cc(OC)c(Cl)c(-c2cc3cnc(Nc4ccc(N5C[C@@H](C)N(C)[C@@H](C)C5)cc4)nc3n3cnnc23)c1. The average molecular weight is 559 g/mol. The molecular formula is C29H31ClN8O2. The van der Waals surface area contributed by atoms with Gasteiger partial charge in [-0.05, 0) is 57.3 Å². The number of rotatable bonds is 6. The highest BCUT2D eigenvalue weighted by Gasteiger charge is 2.26. The van der Waals surface area contributed by atoms with E-state index in [9.17, 15) is 0 Å². The maximum atomic E-state index is 6.70. The summed E-state index contributed by atoms with van der Waals surface area (Å²) in [6, 6.07) is 15.0. The van der Waals surface area contributed by atoms with Crippen LogP contribution in [-0.4, -0.2) is 75.9 Å². The molecule has 2 atom stereocenters. The lowest BCUT2D eigenvalue weighted by molar-refractivity contribution is 0.170. The van der Waals surface area contributed by atoms with Crippen LogP contribution in [0.1, 0.15) is 13.8 Å². The molecule has 0 unspecified atom stereocenters. The Hall–Kier alpha value is -4.15. The lowest BCUT2D eigenvalue weighted by atomic mass is 10.0. The Balaban J connectivity index is 1.31. The van der Waals surface area contributed by atoms with Crippen LogP contribution in [0.25, 0.3) is 27.8 Å². The van der Waals surface area contributed by atoms with Crippen LogP contribution in [0.4, 0.5) is 17.3 Å². The highest BCUT2D eigenvalue weighted by molar-refractivity contribution is 6.35. The van der Waals surface area contributed by atoms with Gasteiger partial charge in [0.2, 0.25) is 5.95 Å². The Morgan fingerprint density at radius 1 is 0.950 bits per heavy atom. The van der Waals surface area contributed by atoms with E-state index in [1.807, 2.05) is 16.5 Å². The van der Waals surface area contributed by atoms with E-state index in [4.69, 9.17) is 26.1 Å². The Labute approximate surface area is 237 Å². The van der Waals surface area contributed by atoms with Gasteiger partial charge >= 0.3 is 0 Å². The number of nitrogens with zero attached hydrogens (tertiary/aromatic N) is 7. The first-order chi connectivity index (χ1) is 19.4. The molecule has 1 saturated heterocycles. The number of aromatic nitrogens is 5. The van der Waals surface area contributed by atoms with Crippen molar-refractivity contribution in [2.45, 2.75) is 25.9 Å². The molecule has 1 fully saturated rings. The predicted octanol–water partition coefficient (Wildman–Crippen LogP) is 5.28. The van der Waals surface area contributed by atoms with Crippen LogP contribution in [0, 0.1) is 0 Å². The van der Waals surface area contributed by atoms with Gasteiger partial charge in [-0.3, -0.25) is 9.30 Å². The minimum Gasteiger partial charge on any atom is -0.497 e. The van der Waals surface area contributed by atoms with Gasteiger partial charge in [-0.2, -0.15) is 4.98 Å². The van der Waals surface area contributed by atoms with Gasteiger partial charge in [-0.1, -0.05) is 11.6 Å². The molecule has 0 bridgehead atoms. The summed E-state index contributed by atoms with van der Waals surface area (Å²) < 4.78 is 12.8. The Morgan fingerprint density at radius 3 is 2.40 bits per heavy atom. The van der Waals surface area contributed by atoms with Crippen molar-refractivity contribution in [2.24, 2.45) is 0 Å². The lowest BCUT2D eigenvalue weighted by Gasteiger charge is -2.43. The van der Waals surface area contributed by atoms with Gasteiger partial charge in [0.1, 0.15) is 17.8 Å².